The lowest BCUT2D eigenvalue weighted by Crippen LogP contribution is -1.98. The molecule has 2 aromatic carbocycles. The van der Waals surface area contributed by atoms with Crippen LogP contribution in [0.15, 0.2) is 85.3 Å². The van der Waals surface area contributed by atoms with E-state index in [-0.39, 0.29) is 0 Å². The minimum absolute atomic E-state index is 0.428. The molecule has 0 aliphatic rings. The minimum atomic E-state index is 0.428. The Balaban J connectivity index is 1.59. The Morgan fingerprint density at radius 2 is 1.56 bits per heavy atom. The molecule has 0 saturated carbocycles. The molecule has 5 rings (SSSR count). The van der Waals surface area contributed by atoms with E-state index in [2.05, 4.69) is 76.5 Å². The van der Waals surface area contributed by atoms with Crippen LogP contribution in [0.1, 0.15) is 16.8 Å². The highest BCUT2D eigenvalue weighted by atomic mass is 15.0. The van der Waals surface area contributed by atoms with Crippen LogP contribution in [0.5, 0.6) is 0 Å². The standard InChI is InChI=1S/C27H21N5/c1-18-5-10-20(11-6-18)23-16-24-26(28)30-17-31-27(24)32-25(23)21-12-7-19(8-13-21)9-14-22-4-2-3-15-29-22/h2-17H,1H3,(H2,28,30,31,32)/b14-9+. The van der Waals surface area contributed by atoms with Gasteiger partial charge < -0.3 is 5.73 Å². The summed E-state index contributed by atoms with van der Waals surface area (Å²) >= 11 is 0. The van der Waals surface area contributed by atoms with Gasteiger partial charge in [-0.05, 0) is 42.3 Å². The van der Waals surface area contributed by atoms with Crippen LogP contribution in [0.4, 0.5) is 5.82 Å². The smallest absolute Gasteiger partial charge is 0.165 e. The summed E-state index contributed by atoms with van der Waals surface area (Å²) in [4.78, 5) is 17.7. The van der Waals surface area contributed by atoms with Crippen LogP contribution in [0.25, 0.3) is 45.6 Å². The number of rotatable bonds is 4. The first kappa shape index (κ1) is 19.6. The number of hydrogen-bond acceptors (Lipinski definition) is 5. The molecule has 0 bridgehead atoms. The van der Waals surface area contributed by atoms with Crippen LogP contribution >= 0.6 is 0 Å². The second-order valence-corrected chi connectivity index (χ2v) is 7.59. The number of anilines is 1. The van der Waals surface area contributed by atoms with Crippen LogP contribution < -0.4 is 5.73 Å². The normalized spacial score (nSPS) is 11.3. The SMILES string of the molecule is Cc1ccc(-c2cc3c(N)ncnc3nc2-c2ccc(/C=C/c3ccccn3)cc2)cc1. The summed E-state index contributed by atoms with van der Waals surface area (Å²) in [7, 11) is 0. The van der Waals surface area contributed by atoms with E-state index in [1.165, 1.54) is 11.9 Å². The van der Waals surface area contributed by atoms with E-state index in [4.69, 9.17) is 10.7 Å². The average Bonchev–Trinajstić information content (AvgIpc) is 2.84. The fraction of sp³-hybridized carbons (Fsp3) is 0.0370. The highest BCUT2D eigenvalue weighted by molar-refractivity contribution is 5.94. The summed E-state index contributed by atoms with van der Waals surface area (Å²) in [5, 5.41) is 0.752. The van der Waals surface area contributed by atoms with Crippen molar-refractivity contribution >= 4 is 29.0 Å². The number of aromatic nitrogens is 4. The molecule has 2 N–H and O–H groups in total. The Labute approximate surface area is 186 Å². The van der Waals surface area contributed by atoms with Crippen molar-refractivity contribution in [3.8, 4) is 22.4 Å². The van der Waals surface area contributed by atoms with Crippen molar-refractivity contribution in [2.24, 2.45) is 0 Å². The van der Waals surface area contributed by atoms with Crippen molar-refractivity contribution in [2.45, 2.75) is 6.92 Å². The van der Waals surface area contributed by atoms with E-state index in [1.807, 2.05) is 30.3 Å². The summed E-state index contributed by atoms with van der Waals surface area (Å²) in [6.45, 7) is 2.08. The summed E-state index contributed by atoms with van der Waals surface area (Å²) in [5.41, 5.74) is 13.9. The van der Waals surface area contributed by atoms with E-state index in [0.29, 0.717) is 11.5 Å². The van der Waals surface area contributed by atoms with Crippen LogP contribution in [0.3, 0.4) is 0 Å². The molecule has 0 unspecified atom stereocenters. The number of aryl methyl sites for hydroxylation is 1. The maximum absolute atomic E-state index is 6.11. The van der Waals surface area contributed by atoms with Gasteiger partial charge in [0.1, 0.15) is 12.1 Å². The third kappa shape index (κ3) is 3.96. The van der Waals surface area contributed by atoms with Gasteiger partial charge in [0.05, 0.1) is 16.8 Å². The van der Waals surface area contributed by atoms with E-state index < -0.39 is 0 Å². The van der Waals surface area contributed by atoms with Crippen LogP contribution in [0, 0.1) is 6.92 Å². The molecule has 5 nitrogen and oxygen atoms in total. The molecule has 0 aliphatic heterocycles. The predicted molar refractivity (Wildman–Crippen MR) is 131 cm³/mol. The lowest BCUT2D eigenvalue weighted by molar-refractivity contribution is 1.19. The van der Waals surface area contributed by atoms with Crippen molar-refractivity contribution in [1.29, 1.82) is 0 Å². The Hall–Kier alpha value is -4.38. The second kappa shape index (κ2) is 8.40. The number of pyridine rings is 2. The van der Waals surface area contributed by atoms with Gasteiger partial charge in [-0.2, -0.15) is 0 Å². The summed E-state index contributed by atoms with van der Waals surface area (Å²) in [6.07, 6.45) is 7.29. The maximum atomic E-state index is 6.11. The lowest BCUT2D eigenvalue weighted by atomic mass is 9.97. The van der Waals surface area contributed by atoms with Gasteiger partial charge in [-0.3, -0.25) is 4.98 Å². The molecule has 0 radical (unpaired) electrons. The Kier molecular flexibility index (Phi) is 5.14. The fourth-order valence-electron chi connectivity index (χ4n) is 3.59. The van der Waals surface area contributed by atoms with Gasteiger partial charge in [-0.1, -0.05) is 66.2 Å². The molecule has 0 fully saturated rings. The van der Waals surface area contributed by atoms with Crippen molar-refractivity contribution in [3.05, 3.63) is 102 Å². The zero-order valence-corrected chi connectivity index (χ0v) is 17.6. The third-order valence-corrected chi connectivity index (χ3v) is 5.34. The first-order valence-corrected chi connectivity index (χ1v) is 10.4. The molecule has 154 valence electrons. The van der Waals surface area contributed by atoms with Gasteiger partial charge in [0.15, 0.2) is 5.65 Å². The van der Waals surface area contributed by atoms with Crippen LogP contribution in [-0.2, 0) is 0 Å². The van der Waals surface area contributed by atoms with Crippen molar-refractivity contribution in [1.82, 2.24) is 19.9 Å². The van der Waals surface area contributed by atoms with Gasteiger partial charge in [-0.15, -0.1) is 0 Å². The van der Waals surface area contributed by atoms with Gasteiger partial charge in [-0.25, -0.2) is 15.0 Å². The number of hydrogen-bond donors (Lipinski definition) is 1. The Morgan fingerprint density at radius 1 is 0.781 bits per heavy atom. The van der Waals surface area contributed by atoms with Gasteiger partial charge in [0.2, 0.25) is 0 Å². The molecular formula is C27H21N5. The molecule has 0 saturated heterocycles. The van der Waals surface area contributed by atoms with Gasteiger partial charge >= 0.3 is 0 Å². The van der Waals surface area contributed by atoms with Crippen LogP contribution in [0.2, 0.25) is 0 Å². The second-order valence-electron chi connectivity index (χ2n) is 7.59. The number of nitrogens with zero attached hydrogens (tertiary/aromatic N) is 4. The molecule has 0 aliphatic carbocycles. The predicted octanol–water partition coefficient (Wildman–Crippen LogP) is 5.81. The third-order valence-electron chi connectivity index (χ3n) is 5.34. The number of fused-ring (bicyclic) bond motifs is 1. The van der Waals surface area contributed by atoms with Crippen molar-refractivity contribution < 1.29 is 0 Å². The summed E-state index contributed by atoms with van der Waals surface area (Å²) < 4.78 is 0. The molecule has 0 atom stereocenters. The highest BCUT2D eigenvalue weighted by Gasteiger charge is 2.14. The quantitative estimate of drug-likeness (QED) is 0.400. The summed E-state index contributed by atoms with van der Waals surface area (Å²) in [6, 6.07) is 24.6. The van der Waals surface area contributed by atoms with Crippen LogP contribution in [-0.4, -0.2) is 19.9 Å². The fourth-order valence-corrected chi connectivity index (χ4v) is 3.59. The van der Waals surface area contributed by atoms with Gasteiger partial charge in [0.25, 0.3) is 0 Å². The van der Waals surface area contributed by atoms with E-state index in [9.17, 15) is 0 Å². The maximum Gasteiger partial charge on any atom is 0.165 e. The number of benzene rings is 2. The molecule has 3 heterocycles. The zero-order chi connectivity index (χ0) is 21.9. The Bertz CT molecular complexity index is 1410. The first-order chi connectivity index (χ1) is 15.7. The average molecular weight is 416 g/mol. The van der Waals surface area contributed by atoms with E-state index in [0.717, 1.165) is 39.0 Å². The zero-order valence-electron chi connectivity index (χ0n) is 17.6. The molecule has 0 amide bonds. The molecule has 0 spiro atoms. The largest absolute Gasteiger partial charge is 0.383 e. The minimum Gasteiger partial charge on any atom is -0.383 e. The monoisotopic (exact) mass is 415 g/mol. The first-order valence-electron chi connectivity index (χ1n) is 10.4. The highest BCUT2D eigenvalue weighted by Crippen LogP contribution is 2.34. The Morgan fingerprint density at radius 3 is 2.31 bits per heavy atom. The van der Waals surface area contributed by atoms with E-state index in [1.54, 1.807) is 6.20 Å². The molecule has 5 aromatic rings. The number of nitrogen functional groups attached to an aromatic ring is 1. The lowest BCUT2D eigenvalue weighted by Gasteiger charge is -2.12. The molecule has 3 aromatic heterocycles. The topological polar surface area (TPSA) is 77.6 Å². The van der Waals surface area contributed by atoms with Crippen molar-refractivity contribution in [2.75, 3.05) is 5.73 Å². The summed E-state index contributed by atoms with van der Waals surface area (Å²) in [5.74, 6) is 0.428. The van der Waals surface area contributed by atoms with Gasteiger partial charge in [0, 0.05) is 17.3 Å². The molecule has 32 heavy (non-hydrogen) atoms. The van der Waals surface area contributed by atoms with Crippen molar-refractivity contribution in [3.63, 3.8) is 0 Å². The van der Waals surface area contributed by atoms with E-state index >= 15 is 0 Å². The molecule has 5 heteroatoms. The number of nitrogens with two attached hydrogens (primary N) is 1. The molecular weight excluding hydrogens is 394 g/mol.